The SMILES string of the molecule is Cc1cc(C)nc(SCc2ccc(C(=O)NNC(=O)c3cc4c(s3)CCCC4)cc2)n1. The number of hydrogen-bond acceptors (Lipinski definition) is 6. The molecule has 0 atom stereocenters. The molecule has 0 saturated heterocycles. The molecule has 0 spiro atoms. The summed E-state index contributed by atoms with van der Waals surface area (Å²) in [6, 6.07) is 11.2. The van der Waals surface area contributed by atoms with Crippen LogP contribution in [0.25, 0.3) is 0 Å². The van der Waals surface area contributed by atoms with Crippen molar-refractivity contribution in [2.45, 2.75) is 50.4 Å². The molecule has 2 amide bonds. The van der Waals surface area contributed by atoms with Gasteiger partial charge in [0.05, 0.1) is 4.88 Å². The predicted octanol–water partition coefficient (Wildman–Crippen LogP) is 4.40. The molecule has 0 unspecified atom stereocenters. The number of thioether (sulfide) groups is 1. The first-order valence-corrected chi connectivity index (χ1v) is 12.0. The zero-order valence-electron chi connectivity index (χ0n) is 17.5. The van der Waals surface area contributed by atoms with E-state index >= 15 is 0 Å². The number of hydrogen-bond donors (Lipinski definition) is 2. The lowest BCUT2D eigenvalue weighted by Gasteiger charge is -2.08. The number of hydrazine groups is 1. The van der Waals surface area contributed by atoms with Gasteiger partial charge < -0.3 is 0 Å². The first kappa shape index (κ1) is 21.5. The van der Waals surface area contributed by atoms with E-state index in [1.807, 2.05) is 38.1 Å². The van der Waals surface area contributed by atoms with Crippen LogP contribution in [0.4, 0.5) is 0 Å². The molecule has 2 heterocycles. The number of benzene rings is 1. The Balaban J connectivity index is 1.29. The van der Waals surface area contributed by atoms with E-state index in [4.69, 9.17) is 0 Å². The molecule has 160 valence electrons. The van der Waals surface area contributed by atoms with E-state index in [1.54, 1.807) is 23.9 Å². The standard InChI is InChI=1S/C23H24N4O2S2/c1-14-11-15(2)25-23(24-14)30-13-16-7-9-17(10-8-16)21(28)26-27-22(29)20-12-18-5-3-4-6-19(18)31-20/h7-12H,3-6,13H2,1-2H3,(H,26,28)(H,27,29). The van der Waals surface area contributed by atoms with E-state index < -0.39 is 0 Å². The van der Waals surface area contributed by atoms with E-state index in [-0.39, 0.29) is 11.8 Å². The first-order chi connectivity index (χ1) is 15.0. The van der Waals surface area contributed by atoms with Crippen LogP contribution in [-0.2, 0) is 18.6 Å². The van der Waals surface area contributed by atoms with Gasteiger partial charge in [-0.2, -0.15) is 0 Å². The number of thiophene rings is 1. The number of amides is 2. The zero-order chi connectivity index (χ0) is 21.8. The number of fused-ring (bicyclic) bond motifs is 1. The molecule has 0 fully saturated rings. The molecule has 3 aromatic rings. The maximum atomic E-state index is 12.4. The van der Waals surface area contributed by atoms with Gasteiger partial charge in [0.15, 0.2) is 5.16 Å². The van der Waals surface area contributed by atoms with Crippen molar-refractivity contribution in [2.75, 3.05) is 0 Å². The molecule has 31 heavy (non-hydrogen) atoms. The number of aromatic nitrogens is 2. The van der Waals surface area contributed by atoms with Gasteiger partial charge in [-0.25, -0.2) is 9.97 Å². The molecule has 1 aliphatic carbocycles. The lowest BCUT2D eigenvalue weighted by Crippen LogP contribution is -2.41. The second kappa shape index (κ2) is 9.62. The van der Waals surface area contributed by atoms with Crippen molar-refractivity contribution in [1.82, 2.24) is 20.8 Å². The Morgan fingerprint density at radius 1 is 0.968 bits per heavy atom. The molecule has 8 heteroatoms. The minimum Gasteiger partial charge on any atom is -0.267 e. The summed E-state index contributed by atoms with van der Waals surface area (Å²) < 4.78 is 0. The molecule has 0 bridgehead atoms. The van der Waals surface area contributed by atoms with Gasteiger partial charge in [-0.1, -0.05) is 23.9 Å². The van der Waals surface area contributed by atoms with Crippen LogP contribution < -0.4 is 10.9 Å². The van der Waals surface area contributed by atoms with Crippen molar-refractivity contribution in [3.63, 3.8) is 0 Å². The third-order valence-corrected chi connectivity index (χ3v) is 7.21. The predicted molar refractivity (Wildman–Crippen MR) is 123 cm³/mol. The monoisotopic (exact) mass is 452 g/mol. The van der Waals surface area contributed by atoms with Crippen molar-refractivity contribution in [3.8, 4) is 0 Å². The van der Waals surface area contributed by atoms with Crippen molar-refractivity contribution in [2.24, 2.45) is 0 Å². The third kappa shape index (κ3) is 5.51. The van der Waals surface area contributed by atoms with Crippen molar-refractivity contribution in [1.29, 1.82) is 0 Å². The molecule has 1 aromatic carbocycles. The molecule has 0 saturated carbocycles. The van der Waals surface area contributed by atoms with Crippen LogP contribution in [0.3, 0.4) is 0 Å². The Labute approximate surface area is 189 Å². The molecule has 1 aliphatic rings. The highest BCUT2D eigenvalue weighted by molar-refractivity contribution is 7.98. The van der Waals surface area contributed by atoms with Crippen LogP contribution in [0, 0.1) is 13.8 Å². The normalized spacial score (nSPS) is 12.8. The van der Waals surface area contributed by atoms with Crippen molar-refractivity contribution < 1.29 is 9.59 Å². The smallest absolute Gasteiger partial charge is 0.267 e. The third-order valence-electron chi connectivity index (χ3n) is 5.06. The number of nitrogens with zero attached hydrogens (tertiary/aromatic N) is 2. The largest absolute Gasteiger partial charge is 0.279 e. The molecule has 2 N–H and O–H groups in total. The van der Waals surface area contributed by atoms with Gasteiger partial charge >= 0.3 is 0 Å². The highest BCUT2D eigenvalue weighted by atomic mass is 32.2. The van der Waals surface area contributed by atoms with Crippen LogP contribution >= 0.6 is 23.1 Å². The van der Waals surface area contributed by atoms with Crippen LogP contribution in [0.1, 0.15) is 60.3 Å². The Morgan fingerprint density at radius 2 is 1.65 bits per heavy atom. The van der Waals surface area contributed by atoms with Crippen LogP contribution in [0.2, 0.25) is 0 Å². The Morgan fingerprint density at radius 3 is 2.35 bits per heavy atom. The zero-order valence-corrected chi connectivity index (χ0v) is 19.2. The van der Waals surface area contributed by atoms with Gasteiger partial charge in [0, 0.05) is 27.6 Å². The van der Waals surface area contributed by atoms with E-state index in [0.717, 1.165) is 34.9 Å². The molecular formula is C23H24N4O2S2. The second-order valence-electron chi connectivity index (χ2n) is 7.59. The lowest BCUT2D eigenvalue weighted by atomic mass is 9.99. The summed E-state index contributed by atoms with van der Waals surface area (Å²) in [5.74, 6) is 0.102. The minimum atomic E-state index is -0.341. The highest BCUT2D eigenvalue weighted by Crippen LogP contribution is 2.29. The van der Waals surface area contributed by atoms with Gasteiger partial charge in [-0.15, -0.1) is 11.3 Å². The summed E-state index contributed by atoms with van der Waals surface area (Å²) in [6.45, 7) is 3.91. The number of carbonyl (C=O) groups excluding carboxylic acids is 2. The highest BCUT2D eigenvalue weighted by Gasteiger charge is 2.17. The molecule has 6 nitrogen and oxygen atoms in total. The number of carbonyl (C=O) groups is 2. The number of aryl methyl sites for hydroxylation is 4. The molecular weight excluding hydrogens is 428 g/mol. The van der Waals surface area contributed by atoms with Gasteiger partial charge in [-0.3, -0.25) is 20.4 Å². The maximum absolute atomic E-state index is 12.4. The molecule has 4 rings (SSSR count). The number of nitrogens with one attached hydrogen (secondary N) is 2. The van der Waals surface area contributed by atoms with Crippen LogP contribution in [0.15, 0.2) is 41.6 Å². The number of rotatable bonds is 5. The van der Waals surface area contributed by atoms with E-state index in [0.29, 0.717) is 16.2 Å². The summed E-state index contributed by atoms with van der Waals surface area (Å²) in [5.41, 5.74) is 9.77. The summed E-state index contributed by atoms with van der Waals surface area (Å²) in [5, 5.41) is 0.747. The van der Waals surface area contributed by atoms with Crippen LogP contribution in [0.5, 0.6) is 0 Å². The van der Waals surface area contributed by atoms with Gasteiger partial charge in [0.2, 0.25) is 0 Å². The minimum absolute atomic E-state index is 0.269. The van der Waals surface area contributed by atoms with E-state index in [1.165, 1.54) is 34.6 Å². The lowest BCUT2D eigenvalue weighted by molar-refractivity contribution is 0.0849. The second-order valence-corrected chi connectivity index (χ2v) is 9.67. The fourth-order valence-electron chi connectivity index (χ4n) is 3.51. The Kier molecular flexibility index (Phi) is 6.67. The summed E-state index contributed by atoms with van der Waals surface area (Å²) in [6.07, 6.45) is 4.43. The molecule has 2 aromatic heterocycles. The first-order valence-electron chi connectivity index (χ1n) is 10.2. The quantitative estimate of drug-likeness (QED) is 0.341. The van der Waals surface area contributed by atoms with Crippen LogP contribution in [-0.4, -0.2) is 21.8 Å². The Bertz CT molecular complexity index is 1070. The van der Waals surface area contributed by atoms with E-state index in [2.05, 4.69) is 20.8 Å². The van der Waals surface area contributed by atoms with Gasteiger partial charge in [-0.05, 0) is 74.9 Å². The van der Waals surface area contributed by atoms with Crippen molar-refractivity contribution in [3.05, 3.63) is 74.2 Å². The molecule has 0 aliphatic heterocycles. The fraction of sp³-hybridized carbons (Fsp3) is 0.304. The van der Waals surface area contributed by atoms with Gasteiger partial charge in [0.1, 0.15) is 0 Å². The summed E-state index contributed by atoms with van der Waals surface area (Å²) >= 11 is 3.08. The van der Waals surface area contributed by atoms with Gasteiger partial charge in [0.25, 0.3) is 11.8 Å². The Hall–Kier alpha value is -2.71. The summed E-state index contributed by atoms with van der Waals surface area (Å²) in [7, 11) is 0. The average Bonchev–Trinajstić information content (AvgIpc) is 3.20. The maximum Gasteiger partial charge on any atom is 0.279 e. The topological polar surface area (TPSA) is 84.0 Å². The molecule has 0 radical (unpaired) electrons. The summed E-state index contributed by atoms with van der Waals surface area (Å²) in [4.78, 5) is 35.6. The fourth-order valence-corrected chi connectivity index (χ4v) is 5.56. The van der Waals surface area contributed by atoms with Crippen molar-refractivity contribution >= 4 is 34.9 Å². The van der Waals surface area contributed by atoms with E-state index in [9.17, 15) is 9.59 Å². The average molecular weight is 453 g/mol.